The van der Waals surface area contributed by atoms with E-state index in [1.807, 2.05) is 13.8 Å². The average molecular weight is 388 g/mol. The summed E-state index contributed by atoms with van der Waals surface area (Å²) in [5, 5.41) is 2.17. The molecule has 0 unspecified atom stereocenters. The summed E-state index contributed by atoms with van der Waals surface area (Å²) >= 11 is 0. The second-order valence-electron chi connectivity index (χ2n) is 5.90. The summed E-state index contributed by atoms with van der Waals surface area (Å²) in [7, 11) is 1.68. The van der Waals surface area contributed by atoms with E-state index in [9.17, 15) is 14.4 Å². The standard InChI is InChI=1S/C20H24N2O6/c1-4-11-27-16-9-8-14(12-17(16)26-5-2)20(25)28-13-18(23)21-19(24)15-7-6-10-22(15)3/h6-10,12H,4-5,11,13H2,1-3H3,(H,21,23,24). The third-order valence-electron chi connectivity index (χ3n) is 3.70. The van der Waals surface area contributed by atoms with Crippen LogP contribution < -0.4 is 14.8 Å². The molecule has 0 saturated heterocycles. The maximum absolute atomic E-state index is 12.2. The Labute approximate surface area is 163 Å². The number of amides is 2. The highest BCUT2D eigenvalue weighted by molar-refractivity contribution is 6.04. The number of aromatic nitrogens is 1. The molecule has 0 aliphatic rings. The molecule has 1 aromatic heterocycles. The highest BCUT2D eigenvalue weighted by atomic mass is 16.5. The minimum atomic E-state index is -0.715. The van der Waals surface area contributed by atoms with Gasteiger partial charge in [0.05, 0.1) is 18.8 Å². The van der Waals surface area contributed by atoms with E-state index in [4.69, 9.17) is 14.2 Å². The normalized spacial score (nSPS) is 10.2. The summed E-state index contributed by atoms with van der Waals surface area (Å²) in [5.41, 5.74) is 0.539. The fraction of sp³-hybridized carbons (Fsp3) is 0.350. The third-order valence-corrected chi connectivity index (χ3v) is 3.70. The molecule has 0 spiro atoms. The fourth-order valence-corrected chi connectivity index (χ4v) is 2.37. The van der Waals surface area contributed by atoms with Crippen LogP contribution in [0.4, 0.5) is 0 Å². The van der Waals surface area contributed by atoms with Crippen molar-refractivity contribution in [1.82, 2.24) is 9.88 Å². The van der Waals surface area contributed by atoms with Crippen molar-refractivity contribution < 1.29 is 28.6 Å². The van der Waals surface area contributed by atoms with Gasteiger partial charge in [-0.25, -0.2) is 4.79 Å². The van der Waals surface area contributed by atoms with Crippen LogP contribution in [0.3, 0.4) is 0 Å². The minimum Gasteiger partial charge on any atom is -0.490 e. The zero-order valence-electron chi connectivity index (χ0n) is 16.2. The molecule has 0 fully saturated rings. The molecule has 150 valence electrons. The number of imide groups is 1. The Balaban J connectivity index is 1.94. The maximum atomic E-state index is 12.2. The molecule has 28 heavy (non-hydrogen) atoms. The number of nitrogens with one attached hydrogen (secondary N) is 1. The van der Waals surface area contributed by atoms with Gasteiger partial charge in [-0.3, -0.25) is 14.9 Å². The number of carbonyl (C=O) groups excluding carboxylic acids is 3. The summed E-state index contributed by atoms with van der Waals surface area (Å²) in [6, 6.07) is 7.91. The molecule has 0 aliphatic heterocycles. The van der Waals surface area contributed by atoms with Crippen LogP contribution in [0.5, 0.6) is 11.5 Å². The Bertz CT molecular complexity index is 843. The fourth-order valence-electron chi connectivity index (χ4n) is 2.37. The van der Waals surface area contributed by atoms with Gasteiger partial charge in [-0.2, -0.15) is 0 Å². The van der Waals surface area contributed by atoms with E-state index in [-0.39, 0.29) is 5.56 Å². The lowest BCUT2D eigenvalue weighted by molar-refractivity contribution is -0.123. The number of nitrogens with zero attached hydrogens (tertiary/aromatic N) is 1. The van der Waals surface area contributed by atoms with Gasteiger partial charge in [0, 0.05) is 13.2 Å². The first-order valence-corrected chi connectivity index (χ1v) is 8.98. The van der Waals surface area contributed by atoms with Crippen LogP contribution in [0.15, 0.2) is 36.5 Å². The van der Waals surface area contributed by atoms with Crippen LogP contribution in [-0.4, -0.2) is 42.2 Å². The molecule has 8 nitrogen and oxygen atoms in total. The maximum Gasteiger partial charge on any atom is 0.338 e. The molecular formula is C20H24N2O6. The van der Waals surface area contributed by atoms with Crippen molar-refractivity contribution in [3.63, 3.8) is 0 Å². The van der Waals surface area contributed by atoms with E-state index in [0.29, 0.717) is 30.4 Å². The van der Waals surface area contributed by atoms with Crippen LogP contribution >= 0.6 is 0 Å². The van der Waals surface area contributed by atoms with E-state index in [0.717, 1.165) is 6.42 Å². The van der Waals surface area contributed by atoms with Gasteiger partial charge >= 0.3 is 5.97 Å². The second kappa shape index (κ2) is 10.1. The molecule has 0 saturated carbocycles. The number of hydrogen-bond acceptors (Lipinski definition) is 6. The molecule has 1 aromatic carbocycles. The molecule has 2 rings (SSSR count). The van der Waals surface area contributed by atoms with E-state index in [1.54, 1.807) is 36.0 Å². The minimum absolute atomic E-state index is 0.217. The van der Waals surface area contributed by atoms with Gasteiger partial charge in [-0.15, -0.1) is 0 Å². The van der Waals surface area contributed by atoms with Crippen LogP contribution in [0.1, 0.15) is 41.1 Å². The number of esters is 1. The number of hydrogen-bond donors (Lipinski definition) is 1. The van der Waals surface area contributed by atoms with E-state index >= 15 is 0 Å². The number of aryl methyl sites for hydroxylation is 1. The first-order chi connectivity index (χ1) is 13.5. The Kier molecular flexibility index (Phi) is 7.62. The van der Waals surface area contributed by atoms with Gasteiger partial charge in [0.15, 0.2) is 18.1 Å². The summed E-state index contributed by atoms with van der Waals surface area (Å²) in [4.78, 5) is 36.1. The van der Waals surface area contributed by atoms with Gasteiger partial charge in [-0.1, -0.05) is 6.92 Å². The van der Waals surface area contributed by atoms with Crippen LogP contribution in [0, 0.1) is 0 Å². The SMILES string of the molecule is CCCOc1ccc(C(=O)OCC(=O)NC(=O)c2cccn2C)cc1OCC. The molecule has 1 N–H and O–H groups in total. The predicted molar refractivity (Wildman–Crippen MR) is 102 cm³/mol. The Hall–Kier alpha value is -3.29. The lowest BCUT2D eigenvalue weighted by Crippen LogP contribution is -2.35. The quantitative estimate of drug-likeness (QED) is 0.663. The zero-order chi connectivity index (χ0) is 20.5. The van der Waals surface area contributed by atoms with Crippen molar-refractivity contribution in [2.45, 2.75) is 20.3 Å². The first-order valence-electron chi connectivity index (χ1n) is 8.98. The van der Waals surface area contributed by atoms with Crippen LogP contribution in [0.2, 0.25) is 0 Å². The van der Waals surface area contributed by atoms with Gasteiger partial charge in [0.25, 0.3) is 11.8 Å². The molecule has 0 radical (unpaired) electrons. The van der Waals surface area contributed by atoms with Gasteiger partial charge < -0.3 is 18.8 Å². The third kappa shape index (κ3) is 5.60. The Morgan fingerprint density at radius 1 is 1.07 bits per heavy atom. The Morgan fingerprint density at radius 3 is 2.50 bits per heavy atom. The molecule has 2 aromatic rings. The van der Waals surface area contributed by atoms with E-state index < -0.39 is 24.4 Å². The first kappa shape index (κ1) is 21.0. The van der Waals surface area contributed by atoms with Crippen molar-refractivity contribution in [3.8, 4) is 11.5 Å². The molecule has 1 heterocycles. The molecular weight excluding hydrogens is 364 g/mol. The number of carbonyl (C=O) groups is 3. The smallest absolute Gasteiger partial charge is 0.338 e. The van der Waals surface area contributed by atoms with Crippen molar-refractivity contribution in [2.24, 2.45) is 7.05 Å². The van der Waals surface area contributed by atoms with Crippen molar-refractivity contribution in [1.29, 1.82) is 0 Å². The molecule has 8 heteroatoms. The molecule has 0 bridgehead atoms. The number of ether oxygens (including phenoxy) is 3. The zero-order valence-corrected chi connectivity index (χ0v) is 16.2. The topological polar surface area (TPSA) is 95.9 Å². The van der Waals surface area contributed by atoms with E-state index in [1.165, 1.54) is 12.1 Å². The molecule has 0 aliphatic carbocycles. The van der Waals surface area contributed by atoms with E-state index in [2.05, 4.69) is 5.32 Å². The monoisotopic (exact) mass is 388 g/mol. The van der Waals surface area contributed by atoms with Crippen molar-refractivity contribution >= 4 is 17.8 Å². The van der Waals surface area contributed by atoms with Crippen LogP contribution in [-0.2, 0) is 16.6 Å². The second-order valence-corrected chi connectivity index (χ2v) is 5.90. The average Bonchev–Trinajstić information content (AvgIpc) is 3.11. The van der Waals surface area contributed by atoms with Gasteiger partial charge in [-0.05, 0) is 43.7 Å². The molecule has 0 atom stereocenters. The highest BCUT2D eigenvalue weighted by Crippen LogP contribution is 2.29. The molecule has 2 amide bonds. The summed E-state index contributed by atoms with van der Waals surface area (Å²) < 4.78 is 17.6. The van der Waals surface area contributed by atoms with Gasteiger partial charge in [0.1, 0.15) is 5.69 Å². The highest BCUT2D eigenvalue weighted by Gasteiger charge is 2.17. The number of benzene rings is 1. The largest absolute Gasteiger partial charge is 0.490 e. The van der Waals surface area contributed by atoms with Gasteiger partial charge in [0.2, 0.25) is 0 Å². The number of rotatable bonds is 9. The Morgan fingerprint density at radius 2 is 1.86 bits per heavy atom. The summed E-state index contributed by atoms with van der Waals surface area (Å²) in [5.74, 6) is -1.03. The predicted octanol–water partition coefficient (Wildman–Crippen LogP) is 2.33. The lowest BCUT2D eigenvalue weighted by atomic mass is 10.2. The van der Waals surface area contributed by atoms with Crippen molar-refractivity contribution in [3.05, 3.63) is 47.8 Å². The van der Waals surface area contributed by atoms with Crippen molar-refractivity contribution in [2.75, 3.05) is 19.8 Å². The summed E-state index contributed by atoms with van der Waals surface area (Å²) in [6.07, 6.45) is 2.52. The summed E-state index contributed by atoms with van der Waals surface area (Å²) in [6.45, 7) is 4.17. The lowest BCUT2D eigenvalue weighted by Gasteiger charge is -2.12. The van der Waals surface area contributed by atoms with Crippen LogP contribution in [0.25, 0.3) is 0 Å².